The van der Waals surface area contributed by atoms with Gasteiger partial charge in [-0.15, -0.1) is 0 Å². The molecule has 1 atom stereocenters. The molecule has 0 radical (unpaired) electrons. The number of nitrogens with one attached hydrogen (secondary N) is 2. The molecule has 0 aliphatic carbocycles. The molecule has 2 amide bonds. The van der Waals surface area contributed by atoms with Gasteiger partial charge in [0.15, 0.2) is 0 Å². The summed E-state index contributed by atoms with van der Waals surface area (Å²) in [4.78, 5) is 22.2. The van der Waals surface area contributed by atoms with Crippen LogP contribution in [0.15, 0.2) is 16.6 Å². The Bertz CT molecular complexity index is 527. The lowest BCUT2D eigenvalue weighted by molar-refractivity contribution is -0.139. The third kappa shape index (κ3) is 4.42. The highest BCUT2D eigenvalue weighted by Crippen LogP contribution is 2.23. The van der Waals surface area contributed by atoms with E-state index < -0.39 is 42.0 Å². The summed E-state index contributed by atoms with van der Waals surface area (Å²) in [5.41, 5.74) is -0.434. The smallest absolute Gasteiger partial charge is 0.326 e. The number of hydrogen-bond acceptors (Lipinski definition) is 3. The van der Waals surface area contributed by atoms with Crippen LogP contribution < -0.4 is 10.6 Å². The standard InChI is InChI=1S/C11H11BrF2N2O4/c12-5-3-7(14)9(4-6(5)13)16-11(20)15-8(1-2-17)10(18)19/h3-4,8,17H,1-2H2,(H,18,19)(H2,15,16,20). The Morgan fingerprint density at radius 3 is 2.50 bits per heavy atom. The maximum absolute atomic E-state index is 13.4. The minimum Gasteiger partial charge on any atom is -0.480 e. The lowest BCUT2D eigenvalue weighted by atomic mass is 10.2. The number of urea groups is 1. The zero-order valence-electron chi connectivity index (χ0n) is 9.99. The molecule has 0 bridgehead atoms. The highest BCUT2D eigenvalue weighted by molar-refractivity contribution is 9.10. The van der Waals surface area contributed by atoms with E-state index in [2.05, 4.69) is 15.9 Å². The van der Waals surface area contributed by atoms with E-state index in [1.54, 1.807) is 0 Å². The van der Waals surface area contributed by atoms with Gasteiger partial charge in [0.1, 0.15) is 17.7 Å². The van der Waals surface area contributed by atoms with E-state index in [4.69, 9.17) is 10.2 Å². The van der Waals surface area contributed by atoms with Crippen molar-refractivity contribution in [2.24, 2.45) is 0 Å². The number of carbonyl (C=O) groups excluding carboxylic acids is 1. The van der Waals surface area contributed by atoms with Crippen molar-refractivity contribution < 1.29 is 28.6 Å². The molecule has 0 aromatic heterocycles. The van der Waals surface area contributed by atoms with Gasteiger partial charge in [0.2, 0.25) is 0 Å². The molecule has 0 fully saturated rings. The number of aliphatic hydroxyl groups excluding tert-OH is 1. The van der Waals surface area contributed by atoms with Crippen LogP contribution in [0, 0.1) is 11.6 Å². The number of aliphatic hydroxyl groups is 1. The Kier molecular flexibility index (Phi) is 5.83. The number of rotatable bonds is 5. The number of benzene rings is 1. The first-order valence-electron chi connectivity index (χ1n) is 5.41. The van der Waals surface area contributed by atoms with Gasteiger partial charge in [-0.25, -0.2) is 18.4 Å². The van der Waals surface area contributed by atoms with Gasteiger partial charge >= 0.3 is 12.0 Å². The average Bonchev–Trinajstić information content (AvgIpc) is 2.35. The van der Waals surface area contributed by atoms with Crippen LogP contribution in [0.25, 0.3) is 0 Å². The minimum absolute atomic E-state index is 0.107. The fourth-order valence-corrected chi connectivity index (χ4v) is 1.64. The first-order chi connectivity index (χ1) is 9.35. The number of carboxylic acids is 1. The van der Waals surface area contributed by atoms with Gasteiger partial charge in [0.25, 0.3) is 0 Å². The molecule has 0 saturated heterocycles. The van der Waals surface area contributed by atoms with E-state index in [1.807, 2.05) is 10.6 Å². The van der Waals surface area contributed by atoms with Crippen molar-refractivity contribution >= 4 is 33.6 Å². The Labute approximate surface area is 120 Å². The Morgan fingerprint density at radius 1 is 1.30 bits per heavy atom. The van der Waals surface area contributed by atoms with Gasteiger partial charge in [-0.3, -0.25) is 0 Å². The number of hydrogen-bond donors (Lipinski definition) is 4. The van der Waals surface area contributed by atoms with Crippen molar-refractivity contribution in [2.75, 3.05) is 11.9 Å². The predicted octanol–water partition coefficient (Wildman–Crippen LogP) is 1.68. The van der Waals surface area contributed by atoms with E-state index >= 15 is 0 Å². The van der Waals surface area contributed by atoms with E-state index in [9.17, 15) is 18.4 Å². The lowest BCUT2D eigenvalue weighted by Gasteiger charge is -2.14. The molecular weight excluding hydrogens is 342 g/mol. The maximum Gasteiger partial charge on any atom is 0.326 e. The number of carbonyl (C=O) groups is 2. The van der Waals surface area contributed by atoms with Gasteiger partial charge in [-0.05, 0) is 22.0 Å². The first-order valence-corrected chi connectivity index (χ1v) is 6.20. The predicted molar refractivity (Wildman–Crippen MR) is 69.3 cm³/mol. The number of aliphatic carboxylic acids is 1. The quantitative estimate of drug-likeness (QED) is 0.606. The molecule has 1 aromatic rings. The van der Waals surface area contributed by atoms with Crippen LogP contribution in [0.5, 0.6) is 0 Å². The third-order valence-electron chi connectivity index (χ3n) is 2.28. The molecule has 1 rings (SSSR count). The topological polar surface area (TPSA) is 98.7 Å². The summed E-state index contributed by atoms with van der Waals surface area (Å²) < 4.78 is 26.5. The summed E-state index contributed by atoms with van der Waals surface area (Å²) in [6.45, 7) is -0.446. The normalized spacial score (nSPS) is 11.8. The molecule has 1 unspecified atom stereocenters. The fraction of sp³-hybridized carbons (Fsp3) is 0.273. The fourth-order valence-electron chi connectivity index (χ4n) is 1.32. The zero-order valence-corrected chi connectivity index (χ0v) is 11.6. The summed E-state index contributed by atoms with van der Waals surface area (Å²) in [7, 11) is 0. The minimum atomic E-state index is -1.35. The summed E-state index contributed by atoms with van der Waals surface area (Å²) in [5, 5.41) is 21.4. The van der Waals surface area contributed by atoms with Crippen molar-refractivity contribution in [3.05, 3.63) is 28.2 Å². The molecule has 0 aliphatic rings. The van der Waals surface area contributed by atoms with Crippen LogP contribution in [0.3, 0.4) is 0 Å². The van der Waals surface area contributed by atoms with E-state index in [1.165, 1.54) is 0 Å². The van der Waals surface area contributed by atoms with Gasteiger partial charge in [-0.1, -0.05) is 0 Å². The van der Waals surface area contributed by atoms with Crippen LogP contribution in [0.1, 0.15) is 6.42 Å². The molecule has 0 aliphatic heterocycles. The Balaban J connectivity index is 2.75. The third-order valence-corrected chi connectivity index (χ3v) is 2.89. The Morgan fingerprint density at radius 2 is 1.95 bits per heavy atom. The van der Waals surface area contributed by atoms with E-state index in [0.29, 0.717) is 0 Å². The van der Waals surface area contributed by atoms with E-state index in [0.717, 1.165) is 12.1 Å². The number of anilines is 1. The van der Waals surface area contributed by atoms with Gasteiger partial charge in [0.05, 0.1) is 10.2 Å². The van der Waals surface area contributed by atoms with Crippen LogP contribution in [0.2, 0.25) is 0 Å². The Hall–Kier alpha value is -1.74. The van der Waals surface area contributed by atoms with Crippen molar-refractivity contribution in [2.45, 2.75) is 12.5 Å². The van der Waals surface area contributed by atoms with Crippen LogP contribution in [-0.4, -0.2) is 34.9 Å². The summed E-state index contributed by atoms with van der Waals surface area (Å²) in [6.07, 6.45) is -0.208. The second kappa shape index (κ2) is 7.15. The summed E-state index contributed by atoms with van der Waals surface area (Å²) in [5.74, 6) is -3.02. The maximum atomic E-state index is 13.4. The van der Waals surface area contributed by atoms with Crippen molar-refractivity contribution in [3.8, 4) is 0 Å². The summed E-state index contributed by atoms with van der Waals surface area (Å²) >= 11 is 2.78. The van der Waals surface area contributed by atoms with Crippen LogP contribution in [0.4, 0.5) is 19.3 Å². The number of carboxylic acid groups (broad SMARTS) is 1. The lowest BCUT2D eigenvalue weighted by Crippen LogP contribution is -2.43. The summed E-state index contributed by atoms with van der Waals surface area (Å²) in [6, 6.07) is -0.774. The first kappa shape index (κ1) is 16.3. The van der Waals surface area contributed by atoms with Gasteiger partial charge in [0, 0.05) is 19.1 Å². The molecule has 6 nitrogen and oxygen atoms in total. The second-order valence-electron chi connectivity index (χ2n) is 3.75. The number of halogens is 3. The van der Waals surface area contributed by atoms with Crippen molar-refractivity contribution in [1.82, 2.24) is 5.32 Å². The van der Waals surface area contributed by atoms with Crippen LogP contribution in [-0.2, 0) is 4.79 Å². The zero-order chi connectivity index (χ0) is 15.3. The SMILES string of the molecule is O=C(Nc1cc(F)c(Br)cc1F)NC(CCO)C(=O)O. The largest absolute Gasteiger partial charge is 0.480 e. The molecule has 0 heterocycles. The van der Waals surface area contributed by atoms with E-state index in [-0.39, 0.29) is 10.9 Å². The van der Waals surface area contributed by atoms with Crippen LogP contribution >= 0.6 is 15.9 Å². The highest BCUT2D eigenvalue weighted by Gasteiger charge is 2.20. The van der Waals surface area contributed by atoms with Crippen molar-refractivity contribution in [3.63, 3.8) is 0 Å². The highest BCUT2D eigenvalue weighted by atomic mass is 79.9. The molecule has 4 N–H and O–H groups in total. The molecule has 0 spiro atoms. The average molecular weight is 353 g/mol. The molecule has 0 saturated carbocycles. The van der Waals surface area contributed by atoms with Gasteiger partial charge in [-0.2, -0.15) is 0 Å². The van der Waals surface area contributed by atoms with Crippen molar-refractivity contribution in [1.29, 1.82) is 0 Å². The molecule has 110 valence electrons. The molecule has 9 heteroatoms. The van der Waals surface area contributed by atoms with Gasteiger partial charge < -0.3 is 20.8 Å². The second-order valence-corrected chi connectivity index (χ2v) is 4.60. The molecule has 20 heavy (non-hydrogen) atoms. The number of amides is 2. The molecule has 1 aromatic carbocycles. The molecular formula is C11H11BrF2N2O4. The monoisotopic (exact) mass is 352 g/mol.